The largest absolute Gasteiger partial charge is 0.486 e. The molecule has 1 fully saturated rings. The molecule has 0 unspecified atom stereocenters. The molecular formula is C28H28Cl2N2O3. The van der Waals surface area contributed by atoms with Crippen LogP contribution in [0.25, 0.3) is 0 Å². The van der Waals surface area contributed by atoms with E-state index in [0.717, 1.165) is 42.9 Å². The van der Waals surface area contributed by atoms with E-state index in [1.165, 1.54) is 5.56 Å². The van der Waals surface area contributed by atoms with Gasteiger partial charge in [0.25, 0.3) is 5.91 Å². The summed E-state index contributed by atoms with van der Waals surface area (Å²) in [5.41, 5.74) is 2.90. The van der Waals surface area contributed by atoms with Crippen molar-refractivity contribution in [1.29, 1.82) is 0 Å². The van der Waals surface area contributed by atoms with Gasteiger partial charge in [-0.2, -0.15) is 0 Å². The summed E-state index contributed by atoms with van der Waals surface area (Å²) >= 11 is 12.4. The molecule has 2 heterocycles. The molecule has 3 aromatic rings. The number of carbonyl (C=O) groups excluding carboxylic acids is 1. The molecule has 3 aromatic carbocycles. The topological polar surface area (TPSA) is 50.8 Å². The SMILES string of the molecule is O=C(c1cc(Cl)cc(Cl)c1)N1CC[C@H](NCc2ccc3c(c2)OCCO3)C[C@H]1Cc1ccccc1. The first kappa shape index (κ1) is 24.0. The first-order valence-corrected chi connectivity index (χ1v) is 12.7. The molecule has 2 aliphatic rings. The second-order valence-corrected chi connectivity index (χ2v) is 9.95. The van der Waals surface area contributed by atoms with Gasteiger partial charge in [-0.3, -0.25) is 4.79 Å². The van der Waals surface area contributed by atoms with Crippen molar-refractivity contribution in [1.82, 2.24) is 10.2 Å². The Balaban J connectivity index is 1.29. The predicted octanol–water partition coefficient (Wildman–Crippen LogP) is 5.77. The van der Waals surface area contributed by atoms with Crippen molar-refractivity contribution in [3.63, 3.8) is 0 Å². The number of halogens is 2. The first-order chi connectivity index (χ1) is 17.0. The molecule has 0 spiro atoms. The number of fused-ring (bicyclic) bond motifs is 1. The third kappa shape index (κ3) is 5.92. The van der Waals surface area contributed by atoms with Crippen LogP contribution in [0.1, 0.15) is 34.3 Å². The Morgan fingerprint density at radius 3 is 2.43 bits per heavy atom. The molecule has 5 rings (SSSR count). The fourth-order valence-corrected chi connectivity index (χ4v) is 5.41. The fraction of sp³-hybridized carbons (Fsp3) is 0.321. The lowest BCUT2D eigenvalue weighted by molar-refractivity contribution is 0.0576. The Kier molecular flexibility index (Phi) is 7.47. The minimum absolute atomic E-state index is 0.0272. The third-order valence-electron chi connectivity index (χ3n) is 6.60. The number of benzene rings is 3. The molecule has 182 valence electrons. The highest BCUT2D eigenvalue weighted by Crippen LogP contribution is 2.31. The van der Waals surface area contributed by atoms with Crippen LogP contribution in [0.5, 0.6) is 11.5 Å². The quantitative estimate of drug-likeness (QED) is 0.457. The van der Waals surface area contributed by atoms with Gasteiger partial charge in [0.15, 0.2) is 11.5 Å². The molecule has 1 N–H and O–H groups in total. The van der Waals surface area contributed by atoms with Crippen LogP contribution < -0.4 is 14.8 Å². The highest BCUT2D eigenvalue weighted by molar-refractivity contribution is 6.35. The van der Waals surface area contributed by atoms with Crippen LogP contribution in [0.3, 0.4) is 0 Å². The van der Waals surface area contributed by atoms with Gasteiger partial charge in [0.2, 0.25) is 0 Å². The van der Waals surface area contributed by atoms with E-state index in [2.05, 4.69) is 23.5 Å². The number of ether oxygens (including phenoxy) is 2. The number of hydrogen-bond donors (Lipinski definition) is 1. The summed E-state index contributed by atoms with van der Waals surface area (Å²) in [6.07, 6.45) is 2.53. The number of hydrogen-bond acceptors (Lipinski definition) is 4. The molecule has 0 saturated carbocycles. The summed E-state index contributed by atoms with van der Waals surface area (Å²) in [5, 5.41) is 4.64. The van der Waals surface area contributed by atoms with Crippen LogP contribution in [-0.4, -0.2) is 42.6 Å². The molecule has 2 atom stereocenters. The van der Waals surface area contributed by atoms with E-state index in [9.17, 15) is 4.79 Å². The summed E-state index contributed by atoms with van der Waals surface area (Å²) in [5.74, 6) is 1.58. The molecule has 0 aromatic heterocycles. The summed E-state index contributed by atoms with van der Waals surface area (Å²) in [6.45, 7) is 2.57. The smallest absolute Gasteiger partial charge is 0.254 e. The lowest BCUT2D eigenvalue weighted by atomic mass is 9.91. The van der Waals surface area contributed by atoms with Gasteiger partial charge >= 0.3 is 0 Å². The zero-order valence-corrected chi connectivity index (χ0v) is 20.9. The monoisotopic (exact) mass is 510 g/mol. The van der Waals surface area contributed by atoms with Gasteiger partial charge in [-0.05, 0) is 60.7 Å². The molecule has 1 amide bonds. The highest BCUT2D eigenvalue weighted by Gasteiger charge is 2.32. The zero-order valence-electron chi connectivity index (χ0n) is 19.4. The molecule has 2 aliphatic heterocycles. The highest BCUT2D eigenvalue weighted by atomic mass is 35.5. The van der Waals surface area contributed by atoms with Gasteiger partial charge in [-0.25, -0.2) is 0 Å². The number of carbonyl (C=O) groups is 1. The predicted molar refractivity (Wildman–Crippen MR) is 139 cm³/mol. The molecule has 5 nitrogen and oxygen atoms in total. The van der Waals surface area contributed by atoms with Crippen molar-refractivity contribution in [3.05, 3.63) is 93.5 Å². The molecule has 35 heavy (non-hydrogen) atoms. The Labute approximate surface area is 215 Å². The molecule has 7 heteroatoms. The Morgan fingerprint density at radius 1 is 0.914 bits per heavy atom. The van der Waals surface area contributed by atoms with E-state index >= 15 is 0 Å². The molecule has 0 radical (unpaired) electrons. The average Bonchev–Trinajstić information content (AvgIpc) is 2.87. The molecule has 0 bridgehead atoms. The van der Waals surface area contributed by atoms with Crippen molar-refractivity contribution in [2.24, 2.45) is 0 Å². The van der Waals surface area contributed by atoms with Crippen molar-refractivity contribution in [2.75, 3.05) is 19.8 Å². The van der Waals surface area contributed by atoms with Crippen LogP contribution in [0.4, 0.5) is 0 Å². The number of nitrogens with one attached hydrogen (secondary N) is 1. The van der Waals surface area contributed by atoms with E-state index in [1.54, 1.807) is 18.2 Å². The van der Waals surface area contributed by atoms with Crippen LogP contribution in [-0.2, 0) is 13.0 Å². The van der Waals surface area contributed by atoms with E-state index in [1.807, 2.05) is 35.2 Å². The molecular weight excluding hydrogens is 483 g/mol. The van der Waals surface area contributed by atoms with E-state index in [0.29, 0.717) is 41.4 Å². The lowest BCUT2D eigenvalue weighted by Gasteiger charge is -2.40. The van der Waals surface area contributed by atoms with Gasteiger partial charge in [0.1, 0.15) is 13.2 Å². The van der Waals surface area contributed by atoms with Gasteiger partial charge in [-0.1, -0.05) is 59.6 Å². The van der Waals surface area contributed by atoms with Crippen LogP contribution in [0, 0.1) is 0 Å². The first-order valence-electron chi connectivity index (χ1n) is 12.0. The number of amides is 1. The Hall–Kier alpha value is -2.73. The summed E-state index contributed by atoms with van der Waals surface area (Å²) < 4.78 is 11.4. The van der Waals surface area contributed by atoms with Crippen LogP contribution in [0.15, 0.2) is 66.7 Å². The van der Waals surface area contributed by atoms with Gasteiger partial charge in [0, 0.05) is 40.8 Å². The van der Waals surface area contributed by atoms with Gasteiger partial charge < -0.3 is 19.7 Å². The Morgan fingerprint density at radius 2 is 1.66 bits per heavy atom. The maximum atomic E-state index is 13.5. The number of piperidine rings is 1. The fourth-order valence-electron chi connectivity index (χ4n) is 4.89. The van der Waals surface area contributed by atoms with Gasteiger partial charge in [0.05, 0.1) is 0 Å². The second-order valence-electron chi connectivity index (χ2n) is 9.08. The normalized spacial score (nSPS) is 19.4. The van der Waals surface area contributed by atoms with Crippen molar-refractivity contribution < 1.29 is 14.3 Å². The van der Waals surface area contributed by atoms with Crippen molar-refractivity contribution in [3.8, 4) is 11.5 Å². The maximum Gasteiger partial charge on any atom is 0.254 e. The summed E-state index contributed by atoms with van der Waals surface area (Å²) in [6, 6.07) is 21.8. The minimum atomic E-state index is -0.0272. The second kappa shape index (κ2) is 10.9. The van der Waals surface area contributed by atoms with Crippen molar-refractivity contribution >= 4 is 29.1 Å². The van der Waals surface area contributed by atoms with Crippen molar-refractivity contribution in [2.45, 2.75) is 37.9 Å². The number of nitrogens with zero attached hydrogens (tertiary/aromatic N) is 1. The molecule has 1 saturated heterocycles. The lowest BCUT2D eigenvalue weighted by Crippen LogP contribution is -2.51. The maximum absolute atomic E-state index is 13.5. The van der Waals surface area contributed by atoms with E-state index in [4.69, 9.17) is 32.7 Å². The third-order valence-corrected chi connectivity index (χ3v) is 7.04. The molecule has 0 aliphatic carbocycles. The number of rotatable bonds is 6. The minimum Gasteiger partial charge on any atom is -0.486 e. The average molecular weight is 511 g/mol. The van der Waals surface area contributed by atoms with E-state index < -0.39 is 0 Å². The summed E-state index contributed by atoms with van der Waals surface area (Å²) in [4.78, 5) is 15.5. The van der Waals surface area contributed by atoms with E-state index in [-0.39, 0.29) is 11.9 Å². The zero-order chi connectivity index (χ0) is 24.2. The van der Waals surface area contributed by atoms with Gasteiger partial charge in [-0.15, -0.1) is 0 Å². The van der Waals surface area contributed by atoms with Crippen LogP contribution >= 0.6 is 23.2 Å². The number of likely N-dealkylation sites (tertiary alicyclic amines) is 1. The standard InChI is InChI=1S/C28H28Cl2N2O3/c29-22-14-21(15-23(30)16-22)28(33)32-9-8-24(17-25(32)12-19-4-2-1-3-5-19)31-18-20-6-7-26-27(13-20)35-11-10-34-26/h1-7,13-16,24-25,31H,8-12,17-18H2/t24-,25+/m0/s1. The van der Waals surface area contributed by atoms with Crippen LogP contribution in [0.2, 0.25) is 10.0 Å². The summed E-state index contributed by atoms with van der Waals surface area (Å²) in [7, 11) is 0. The Bertz CT molecular complexity index is 1170.